The lowest BCUT2D eigenvalue weighted by Crippen LogP contribution is -2.44. The van der Waals surface area contributed by atoms with Crippen LogP contribution in [0.3, 0.4) is 0 Å². The van der Waals surface area contributed by atoms with Gasteiger partial charge in [-0.3, -0.25) is 4.79 Å². The third kappa shape index (κ3) is 3.65. The fourth-order valence-electron chi connectivity index (χ4n) is 2.26. The lowest BCUT2D eigenvalue weighted by atomic mass is 10.0. The number of rotatable bonds is 5. The molecule has 0 aliphatic carbocycles. The zero-order valence-corrected chi connectivity index (χ0v) is 12.6. The first-order chi connectivity index (χ1) is 9.52. The van der Waals surface area contributed by atoms with Crippen molar-refractivity contribution >= 4 is 11.6 Å². The number of carbonyl (C=O) groups is 1. The Morgan fingerprint density at radius 2 is 2.25 bits per heavy atom. The van der Waals surface area contributed by atoms with Gasteiger partial charge in [-0.1, -0.05) is 13.0 Å². The van der Waals surface area contributed by atoms with Gasteiger partial charge in [0.15, 0.2) is 6.61 Å². The number of fused-ring (bicyclic) bond motifs is 1. The number of anilines is 1. The molecule has 1 aliphatic heterocycles. The molecule has 1 heterocycles. The third-order valence-corrected chi connectivity index (χ3v) is 3.77. The zero-order valence-electron chi connectivity index (χ0n) is 12.6. The van der Waals surface area contributed by atoms with Crippen LogP contribution in [0.4, 0.5) is 5.69 Å². The van der Waals surface area contributed by atoms with Crippen LogP contribution in [0.2, 0.25) is 0 Å². The molecular weight excluding hydrogens is 252 g/mol. The highest BCUT2D eigenvalue weighted by atomic mass is 16.5. The molecule has 20 heavy (non-hydrogen) atoms. The smallest absolute Gasteiger partial charge is 0.258 e. The van der Waals surface area contributed by atoms with Crippen LogP contribution in [0.5, 0.6) is 5.75 Å². The molecule has 1 aromatic carbocycles. The lowest BCUT2D eigenvalue weighted by Gasteiger charge is -2.25. The van der Waals surface area contributed by atoms with E-state index in [0.717, 1.165) is 37.2 Å². The van der Waals surface area contributed by atoms with Crippen LogP contribution in [0.15, 0.2) is 18.2 Å². The summed E-state index contributed by atoms with van der Waals surface area (Å²) in [7, 11) is 0. The van der Waals surface area contributed by atoms with Gasteiger partial charge >= 0.3 is 0 Å². The maximum Gasteiger partial charge on any atom is 0.258 e. The second kappa shape index (κ2) is 6.16. The summed E-state index contributed by atoms with van der Waals surface area (Å²) in [4.78, 5) is 11.9. The van der Waals surface area contributed by atoms with Crippen molar-refractivity contribution < 1.29 is 9.53 Å². The van der Waals surface area contributed by atoms with Crippen LogP contribution in [0.1, 0.15) is 39.2 Å². The van der Waals surface area contributed by atoms with Gasteiger partial charge in [-0.15, -0.1) is 0 Å². The van der Waals surface area contributed by atoms with Gasteiger partial charge in [0, 0.05) is 23.3 Å². The molecule has 0 saturated carbocycles. The van der Waals surface area contributed by atoms with Gasteiger partial charge in [0.25, 0.3) is 5.91 Å². The van der Waals surface area contributed by atoms with E-state index in [-0.39, 0.29) is 18.1 Å². The third-order valence-electron chi connectivity index (χ3n) is 3.77. The molecule has 0 unspecified atom stereocenters. The molecule has 2 N–H and O–H groups in total. The minimum absolute atomic E-state index is 0.0693. The van der Waals surface area contributed by atoms with Crippen LogP contribution in [0, 0.1) is 0 Å². The number of carbonyl (C=O) groups excluding carboxylic acids is 1. The highest BCUT2D eigenvalue weighted by molar-refractivity contribution is 5.78. The van der Waals surface area contributed by atoms with Crippen LogP contribution < -0.4 is 15.4 Å². The fraction of sp³-hybridized carbons (Fsp3) is 0.562. The molecule has 0 radical (unpaired) electrons. The van der Waals surface area contributed by atoms with Gasteiger partial charge in [-0.2, -0.15) is 0 Å². The lowest BCUT2D eigenvalue weighted by molar-refractivity contribution is -0.124. The number of ether oxygens (including phenoxy) is 1. The predicted octanol–water partition coefficient (Wildman–Crippen LogP) is 2.73. The summed E-state index contributed by atoms with van der Waals surface area (Å²) in [5.41, 5.74) is 2.13. The van der Waals surface area contributed by atoms with Gasteiger partial charge in [0.1, 0.15) is 5.75 Å². The van der Waals surface area contributed by atoms with Gasteiger partial charge in [-0.25, -0.2) is 0 Å². The number of benzene rings is 1. The quantitative estimate of drug-likeness (QED) is 0.869. The Bertz CT molecular complexity index is 483. The van der Waals surface area contributed by atoms with Crippen molar-refractivity contribution in [1.82, 2.24) is 5.32 Å². The Kier molecular flexibility index (Phi) is 4.53. The molecular formula is C16H24N2O2. The predicted molar refractivity (Wildman–Crippen MR) is 81.3 cm³/mol. The number of hydrogen-bond acceptors (Lipinski definition) is 3. The molecule has 4 nitrogen and oxygen atoms in total. The summed E-state index contributed by atoms with van der Waals surface area (Å²) in [5.74, 6) is 0.748. The largest absolute Gasteiger partial charge is 0.483 e. The molecule has 1 aliphatic rings. The number of amides is 1. The fourth-order valence-corrected chi connectivity index (χ4v) is 2.26. The summed E-state index contributed by atoms with van der Waals surface area (Å²) in [6, 6.07) is 5.95. The first kappa shape index (κ1) is 14.7. The van der Waals surface area contributed by atoms with Crippen LogP contribution in [0.25, 0.3) is 0 Å². The van der Waals surface area contributed by atoms with E-state index in [1.165, 1.54) is 5.56 Å². The molecule has 2 rings (SSSR count). The SMILES string of the molecule is CCC(C)(C)NC(=O)COc1cccc2c1CCCN2. The van der Waals surface area contributed by atoms with Crippen molar-refractivity contribution in [3.05, 3.63) is 23.8 Å². The molecule has 0 fully saturated rings. The average Bonchev–Trinajstić information content (AvgIpc) is 2.44. The highest BCUT2D eigenvalue weighted by Crippen LogP contribution is 2.30. The molecule has 0 aromatic heterocycles. The molecule has 4 heteroatoms. The minimum atomic E-state index is -0.182. The van der Waals surface area contributed by atoms with Crippen LogP contribution in [-0.2, 0) is 11.2 Å². The second-order valence-electron chi connectivity index (χ2n) is 5.89. The maximum absolute atomic E-state index is 11.9. The van der Waals surface area contributed by atoms with Crippen molar-refractivity contribution in [2.24, 2.45) is 0 Å². The van der Waals surface area contributed by atoms with Crippen molar-refractivity contribution in [2.75, 3.05) is 18.5 Å². The summed E-state index contributed by atoms with van der Waals surface area (Å²) in [6.45, 7) is 7.15. The van der Waals surface area contributed by atoms with E-state index in [9.17, 15) is 4.79 Å². The Balaban J connectivity index is 1.96. The highest BCUT2D eigenvalue weighted by Gasteiger charge is 2.19. The Morgan fingerprint density at radius 1 is 1.45 bits per heavy atom. The van der Waals surface area contributed by atoms with Crippen molar-refractivity contribution in [2.45, 2.75) is 45.6 Å². The first-order valence-corrected chi connectivity index (χ1v) is 7.31. The van der Waals surface area contributed by atoms with Crippen LogP contribution >= 0.6 is 0 Å². The second-order valence-corrected chi connectivity index (χ2v) is 5.89. The van der Waals surface area contributed by atoms with Gasteiger partial charge in [0.05, 0.1) is 0 Å². The number of hydrogen-bond donors (Lipinski definition) is 2. The summed E-state index contributed by atoms with van der Waals surface area (Å²) >= 11 is 0. The standard InChI is InChI=1S/C16H24N2O2/c1-4-16(2,3)18-15(19)11-20-14-9-5-8-13-12(14)7-6-10-17-13/h5,8-9,17H,4,6-7,10-11H2,1-3H3,(H,18,19). The molecule has 1 aromatic rings. The Morgan fingerprint density at radius 3 is 3.00 bits per heavy atom. The van der Waals surface area contributed by atoms with E-state index in [1.807, 2.05) is 26.0 Å². The van der Waals surface area contributed by atoms with E-state index in [4.69, 9.17) is 4.74 Å². The van der Waals surface area contributed by atoms with Crippen molar-refractivity contribution in [1.29, 1.82) is 0 Å². The Hall–Kier alpha value is -1.71. The molecule has 0 atom stereocenters. The molecule has 110 valence electrons. The average molecular weight is 276 g/mol. The number of nitrogens with one attached hydrogen (secondary N) is 2. The summed E-state index contributed by atoms with van der Waals surface area (Å²) in [5, 5.41) is 6.33. The topological polar surface area (TPSA) is 50.4 Å². The maximum atomic E-state index is 11.9. The zero-order chi connectivity index (χ0) is 14.6. The van der Waals surface area contributed by atoms with Crippen LogP contribution in [-0.4, -0.2) is 24.6 Å². The van der Waals surface area contributed by atoms with Crippen molar-refractivity contribution in [3.63, 3.8) is 0 Å². The molecule has 1 amide bonds. The molecule has 0 bridgehead atoms. The van der Waals surface area contributed by atoms with Crippen molar-refractivity contribution in [3.8, 4) is 5.75 Å². The minimum Gasteiger partial charge on any atom is -0.483 e. The first-order valence-electron chi connectivity index (χ1n) is 7.31. The molecule has 0 saturated heterocycles. The van der Waals surface area contributed by atoms with E-state index < -0.39 is 0 Å². The molecule has 0 spiro atoms. The van der Waals surface area contributed by atoms with E-state index >= 15 is 0 Å². The van der Waals surface area contributed by atoms with Gasteiger partial charge in [-0.05, 0) is 45.2 Å². The van der Waals surface area contributed by atoms with E-state index in [1.54, 1.807) is 0 Å². The monoisotopic (exact) mass is 276 g/mol. The van der Waals surface area contributed by atoms with E-state index in [2.05, 4.69) is 23.6 Å². The Labute approximate surface area is 120 Å². The summed E-state index contributed by atoms with van der Waals surface area (Å²) in [6.07, 6.45) is 2.99. The summed E-state index contributed by atoms with van der Waals surface area (Å²) < 4.78 is 5.70. The normalized spacial score (nSPS) is 14.2. The van der Waals surface area contributed by atoms with E-state index in [0.29, 0.717) is 0 Å². The van der Waals surface area contributed by atoms with Gasteiger partial charge in [0.2, 0.25) is 0 Å². The van der Waals surface area contributed by atoms with Gasteiger partial charge < -0.3 is 15.4 Å².